The highest BCUT2D eigenvalue weighted by molar-refractivity contribution is 6.34. The van der Waals surface area contributed by atoms with Gasteiger partial charge in [0.2, 0.25) is 0 Å². The van der Waals surface area contributed by atoms with E-state index in [9.17, 15) is 18.4 Å². The van der Waals surface area contributed by atoms with Crippen molar-refractivity contribution >= 4 is 92.1 Å². The Morgan fingerprint density at radius 3 is 1.36 bits per heavy atom. The highest BCUT2D eigenvalue weighted by Crippen LogP contribution is 2.39. The molecule has 360 valence electrons. The zero-order chi connectivity index (χ0) is 49.8. The highest BCUT2D eigenvalue weighted by Gasteiger charge is 2.48. The SMILES string of the molecule is CC(C)(C)OC(=O)N1C[C@@H]2C[C@H]1CN2c1ccc2ncnc(Nc3ccc(C#N)c(F)c3Cl)c2n1.CC(C)(C)OC(=O)N1C[C@@H]2C[C@H]1CN2c1ccc2ncnc(Nc3ccc(C#N)c(F)c3Cl)c2n1. The molecule has 8 heterocycles. The van der Waals surface area contributed by atoms with Gasteiger partial charge in [-0.3, -0.25) is 0 Å². The second kappa shape index (κ2) is 18.5. The number of aromatic nitrogens is 6. The number of carbonyl (C=O) groups is 2. The Bertz CT molecular complexity index is 2950. The van der Waals surface area contributed by atoms with E-state index in [1.807, 2.05) is 65.8 Å². The van der Waals surface area contributed by atoms with E-state index in [1.165, 1.54) is 36.9 Å². The van der Waals surface area contributed by atoms with Gasteiger partial charge >= 0.3 is 12.2 Å². The number of nitrogens with zero attached hydrogens (tertiary/aromatic N) is 12. The molecule has 4 aliphatic heterocycles. The minimum absolute atomic E-state index is 0.0531. The molecular weight excluding hydrogens is 946 g/mol. The first-order valence-corrected chi connectivity index (χ1v) is 23.1. The summed E-state index contributed by atoms with van der Waals surface area (Å²) in [4.78, 5) is 59.8. The number of ether oxygens (including phenoxy) is 2. The fraction of sp³-hybridized carbons (Fsp3) is 0.375. The van der Waals surface area contributed by atoms with Crippen LogP contribution < -0.4 is 20.4 Å². The number of piperazine rings is 2. The maximum absolute atomic E-state index is 14.3. The van der Waals surface area contributed by atoms with Crippen LogP contribution >= 0.6 is 23.2 Å². The molecule has 18 nitrogen and oxygen atoms in total. The molecule has 6 aromatic rings. The first-order chi connectivity index (χ1) is 33.3. The fourth-order valence-corrected chi connectivity index (χ4v) is 9.49. The summed E-state index contributed by atoms with van der Waals surface area (Å²) in [5.41, 5.74) is 1.39. The second-order valence-corrected chi connectivity index (χ2v) is 20.0. The Hall–Kier alpha value is -7.42. The van der Waals surface area contributed by atoms with Crippen LogP contribution in [-0.2, 0) is 9.47 Å². The molecule has 4 saturated heterocycles. The molecule has 0 unspecified atom stereocenters. The van der Waals surface area contributed by atoms with Crippen LogP contribution in [0.3, 0.4) is 0 Å². The van der Waals surface area contributed by atoms with Crippen molar-refractivity contribution in [2.24, 2.45) is 0 Å². The van der Waals surface area contributed by atoms with Crippen molar-refractivity contribution in [1.29, 1.82) is 10.5 Å². The van der Waals surface area contributed by atoms with Crippen LogP contribution in [-0.4, -0.2) is 113 Å². The van der Waals surface area contributed by atoms with Crippen LogP contribution in [0.15, 0.2) is 61.2 Å². The van der Waals surface area contributed by atoms with Crippen molar-refractivity contribution in [2.45, 2.75) is 89.8 Å². The lowest BCUT2D eigenvalue weighted by Crippen LogP contribution is -2.50. The van der Waals surface area contributed by atoms with E-state index < -0.39 is 22.8 Å². The van der Waals surface area contributed by atoms with Gasteiger partial charge in [0.25, 0.3) is 0 Å². The number of nitrogens with one attached hydrogen (secondary N) is 2. The molecule has 2 amide bonds. The van der Waals surface area contributed by atoms with Gasteiger partial charge in [-0.1, -0.05) is 23.2 Å². The summed E-state index contributed by atoms with van der Waals surface area (Å²) < 4.78 is 39.8. The number of carbonyl (C=O) groups excluding carboxylic acids is 2. The monoisotopic (exact) mass is 990 g/mol. The highest BCUT2D eigenvalue weighted by atomic mass is 35.5. The number of hydrogen-bond donors (Lipinski definition) is 2. The molecule has 10 rings (SSSR count). The zero-order valence-corrected chi connectivity index (χ0v) is 40.3. The fourth-order valence-electron chi connectivity index (χ4n) is 9.07. The van der Waals surface area contributed by atoms with E-state index in [2.05, 4.69) is 40.4 Å². The summed E-state index contributed by atoms with van der Waals surface area (Å²) in [6.07, 6.45) is 3.88. The number of anilines is 6. The number of amides is 2. The zero-order valence-electron chi connectivity index (χ0n) is 38.8. The van der Waals surface area contributed by atoms with Gasteiger partial charge in [-0.25, -0.2) is 48.3 Å². The Morgan fingerprint density at radius 1 is 0.614 bits per heavy atom. The van der Waals surface area contributed by atoms with Crippen molar-refractivity contribution in [3.8, 4) is 12.1 Å². The van der Waals surface area contributed by atoms with Gasteiger partial charge in [-0.05, 0) is 103 Å². The average Bonchev–Trinajstić information content (AvgIpc) is 4.14. The Morgan fingerprint density at radius 2 is 1.01 bits per heavy atom. The first-order valence-electron chi connectivity index (χ1n) is 22.4. The number of likely N-dealkylation sites (tertiary alicyclic amines) is 2. The lowest BCUT2D eigenvalue weighted by atomic mass is 10.2. The van der Waals surface area contributed by atoms with E-state index in [-0.39, 0.29) is 68.9 Å². The summed E-state index contributed by atoms with van der Waals surface area (Å²) in [5.74, 6) is 0.611. The molecule has 70 heavy (non-hydrogen) atoms. The number of halogens is 4. The number of rotatable bonds is 6. The first kappa shape index (κ1) is 47.6. The van der Waals surface area contributed by atoms with Gasteiger partial charge in [0.15, 0.2) is 23.3 Å². The van der Waals surface area contributed by atoms with Crippen LogP contribution in [0, 0.1) is 34.3 Å². The average molecular weight is 992 g/mol. The molecule has 2 aromatic carbocycles. The molecule has 4 bridgehead atoms. The van der Waals surface area contributed by atoms with E-state index in [0.717, 1.165) is 24.5 Å². The summed E-state index contributed by atoms with van der Waals surface area (Å²) in [5, 5.41) is 23.6. The van der Waals surface area contributed by atoms with E-state index >= 15 is 0 Å². The van der Waals surface area contributed by atoms with Crippen molar-refractivity contribution in [1.82, 2.24) is 39.7 Å². The lowest BCUT2D eigenvalue weighted by molar-refractivity contribution is 0.0204. The lowest BCUT2D eigenvalue weighted by Gasteiger charge is -2.35. The van der Waals surface area contributed by atoms with Gasteiger partial charge in [0, 0.05) is 26.2 Å². The summed E-state index contributed by atoms with van der Waals surface area (Å²) in [7, 11) is 0. The number of fused-ring (bicyclic) bond motifs is 6. The van der Waals surface area contributed by atoms with Crippen LogP contribution in [0.25, 0.3) is 22.1 Å². The standard InChI is InChI=1S/2C24H23ClFN7O2/c2*1-24(2,3)35-23(34)33-11-14-8-15(33)10-32(14)18-7-6-17-21(31-18)22(29-12-28-17)30-16-5-4-13(9-27)20(26)19(16)25/h2*4-7,12,14-15H,8,10-11H2,1-3H3,(H,28,29,30)/t2*14-,15-/m00/s1. The summed E-state index contributed by atoms with van der Waals surface area (Å²) >= 11 is 12.3. The van der Waals surface area contributed by atoms with Gasteiger partial charge in [0.05, 0.1) is 57.7 Å². The van der Waals surface area contributed by atoms with Crippen molar-refractivity contribution in [3.63, 3.8) is 0 Å². The maximum Gasteiger partial charge on any atom is 0.410 e. The Labute approximate surface area is 411 Å². The molecule has 22 heteroatoms. The Kier molecular flexibility index (Phi) is 12.6. The van der Waals surface area contributed by atoms with E-state index in [4.69, 9.17) is 53.2 Å². The number of pyridine rings is 2. The summed E-state index contributed by atoms with van der Waals surface area (Å²) in [6, 6.07) is 17.1. The van der Waals surface area contributed by atoms with Gasteiger partial charge in [-0.2, -0.15) is 10.5 Å². The molecule has 4 aliphatic rings. The van der Waals surface area contributed by atoms with E-state index in [1.54, 1.807) is 21.9 Å². The van der Waals surface area contributed by atoms with Gasteiger partial charge < -0.3 is 39.7 Å². The third-order valence-corrected chi connectivity index (χ3v) is 12.9. The van der Waals surface area contributed by atoms with Gasteiger partial charge in [0.1, 0.15) is 68.7 Å². The topological polar surface area (TPSA) is 215 Å². The van der Waals surface area contributed by atoms with Crippen molar-refractivity contribution in [2.75, 3.05) is 46.6 Å². The molecule has 0 aliphatic carbocycles. The van der Waals surface area contributed by atoms with E-state index in [0.29, 0.717) is 59.9 Å². The number of nitriles is 2. The van der Waals surface area contributed by atoms with Crippen LogP contribution in [0.5, 0.6) is 0 Å². The molecule has 4 fully saturated rings. The normalized spacial score (nSPS) is 19.2. The quantitative estimate of drug-likeness (QED) is 0.159. The molecule has 0 saturated carbocycles. The predicted octanol–water partition coefficient (Wildman–Crippen LogP) is 9.26. The molecule has 0 spiro atoms. The van der Waals surface area contributed by atoms with Crippen molar-refractivity contribution < 1.29 is 27.8 Å². The van der Waals surface area contributed by atoms with Crippen LogP contribution in [0.4, 0.5) is 53.0 Å². The predicted molar refractivity (Wildman–Crippen MR) is 258 cm³/mol. The van der Waals surface area contributed by atoms with Gasteiger partial charge in [-0.15, -0.1) is 0 Å². The molecular formula is C48H46Cl2F2N14O4. The van der Waals surface area contributed by atoms with Crippen LogP contribution in [0.1, 0.15) is 65.5 Å². The smallest absolute Gasteiger partial charge is 0.410 e. The molecule has 2 N–H and O–H groups in total. The number of benzene rings is 2. The molecule has 4 atom stereocenters. The van der Waals surface area contributed by atoms with Crippen LogP contribution in [0.2, 0.25) is 10.0 Å². The maximum atomic E-state index is 14.3. The Balaban J connectivity index is 0.000000174. The third kappa shape index (κ3) is 9.48. The largest absolute Gasteiger partial charge is 0.444 e. The molecule has 0 radical (unpaired) electrons. The molecule has 4 aromatic heterocycles. The third-order valence-electron chi connectivity index (χ3n) is 12.2. The number of hydrogen-bond acceptors (Lipinski definition) is 16. The summed E-state index contributed by atoms with van der Waals surface area (Å²) in [6.45, 7) is 13.6. The second-order valence-electron chi connectivity index (χ2n) is 19.2. The van der Waals surface area contributed by atoms with Crippen molar-refractivity contribution in [3.05, 3.63) is 94.0 Å². The minimum atomic E-state index is -0.797. The minimum Gasteiger partial charge on any atom is -0.444 e.